The number of nitrogens with zero attached hydrogens (tertiary/aromatic N) is 1. The molecule has 0 atom stereocenters. The predicted molar refractivity (Wildman–Crippen MR) is 94.8 cm³/mol. The summed E-state index contributed by atoms with van der Waals surface area (Å²) in [6.07, 6.45) is 0.781. The molecule has 1 N–H and O–H groups in total. The van der Waals surface area contributed by atoms with Gasteiger partial charge in [-0.15, -0.1) is 0 Å². The van der Waals surface area contributed by atoms with Gasteiger partial charge in [0, 0.05) is 12.1 Å². The Kier molecular flexibility index (Phi) is 4.95. The van der Waals surface area contributed by atoms with Gasteiger partial charge < -0.3 is 9.84 Å². The van der Waals surface area contributed by atoms with Crippen molar-refractivity contribution in [1.82, 2.24) is 0 Å². The van der Waals surface area contributed by atoms with E-state index in [0.717, 1.165) is 28.9 Å². The monoisotopic (exact) mass is 335 g/mol. The highest BCUT2D eigenvalue weighted by Crippen LogP contribution is 2.19. The van der Waals surface area contributed by atoms with Gasteiger partial charge in [0.15, 0.2) is 0 Å². The Morgan fingerprint density at radius 1 is 0.800 bits per heavy atom. The van der Waals surface area contributed by atoms with Crippen LogP contribution < -0.4 is 4.74 Å². The lowest BCUT2D eigenvalue weighted by atomic mass is 10.0. The van der Waals surface area contributed by atoms with Gasteiger partial charge in [-0.3, -0.25) is 10.1 Å². The molecular formula is C20H17NO4. The molecule has 5 heteroatoms. The van der Waals surface area contributed by atoms with Gasteiger partial charge >= 0.3 is 0 Å². The van der Waals surface area contributed by atoms with Crippen LogP contribution in [0.4, 0.5) is 5.69 Å². The largest absolute Gasteiger partial charge is 0.508 e. The number of hydrogen-bond acceptors (Lipinski definition) is 4. The van der Waals surface area contributed by atoms with Gasteiger partial charge in [0.05, 0.1) is 4.92 Å². The summed E-state index contributed by atoms with van der Waals surface area (Å²) >= 11 is 0. The van der Waals surface area contributed by atoms with Gasteiger partial charge in [0.25, 0.3) is 5.69 Å². The summed E-state index contributed by atoms with van der Waals surface area (Å²) in [5.74, 6) is 1.01. The zero-order valence-electron chi connectivity index (χ0n) is 13.5. The zero-order valence-corrected chi connectivity index (χ0v) is 13.5. The Morgan fingerprint density at radius 3 is 1.88 bits per heavy atom. The topological polar surface area (TPSA) is 72.6 Å². The number of nitro groups is 1. The smallest absolute Gasteiger partial charge is 0.269 e. The minimum absolute atomic E-state index is 0.0716. The van der Waals surface area contributed by atoms with E-state index >= 15 is 0 Å². The number of benzene rings is 3. The van der Waals surface area contributed by atoms with Crippen LogP contribution in [0.3, 0.4) is 0 Å². The molecule has 0 radical (unpaired) electrons. The molecule has 0 heterocycles. The molecule has 0 fully saturated rings. The van der Waals surface area contributed by atoms with Gasteiger partial charge in [-0.25, -0.2) is 0 Å². The molecule has 0 aliphatic heterocycles. The fourth-order valence-corrected chi connectivity index (χ4v) is 2.43. The summed E-state index contributed by atoms with van der Waals surface area (Å²) in [4.78, 5) is 10.2. The Labute approximate surface area is 145 Å². The van der Waals surface area contributed by atoms with Crippen molar-refractivity contribution in [3.63, 3.8) is 0 Å². The molecule has 0 aliphatic rings. The van der Waals surface area contributed by atoms with Crippen LogP contribution >= 0.6 is 0 Å². The fourth-order valence-electron chi connectivity index (χ4n) is 2.43. The van der Waals surface area contributed by atoms with Gasteiger partial charge in [0.1, 0.15) is 18.1 Å². The number of non-ortho nitro benzene ring substituents is 1. The number of phenolic OH excluding ortho intramolecular Hbond substituents is 1. The molecule has 3 aromatic carbocycles. The maximum Gasteiger partial charge on any atom is 0.269 e. The fraction of sp³-hybridized carbons (Fsp3) is 0.100. The van der Waals surface area contributed by atoms with Gasteiger partial charge in [-0.1, -0.05) is 24.3 Å². The third kappa shape index (κ3) is 4.57. The Bertz CT molecular complexity index is 840. The number of rotatable bonds is 6. The summed E-state index contributed by atoms with van der Waals surface area (Å²) in [6.45, 7) is 0.356. The standard InChI is InChI=1S/C20H17NO4/c22-19-9-3-15(4-10-19)13-16-5-11-20(12-6-16)25-14-17-1-7-18(8-2-17)21(23)24/h1-12,22H,13-14H2. The van der Waals surface area contributed by atoms with Crippen molar-refractivity contribution in [3.8, 4) is 11.5 Å². The van der Waals surface area contributed by atoms with Crippen molar-refractivity contribution in [2.24, 2.45) is 0 Å². The Morgan fingerprint density at radius 2 is 1.32 bits per heavy atom. The van der Waals surface area contributed by atoms with E-state index in [-0.39, 0.29) is 11.4 Å². The first-order valence-electron chi connectivity index (χ1n) is 7.83. The summed E-state index contributed by atoms with van der Waals surface area (Å²) < 4.78 is 5.71. The van der Waals surface area contributed by atoms with Crippen molar-refractivity contribution >= 4 is 5.69 Å². The molecular weight excluding hydrogens is 318 g/mol. The summed E-state index contributed by atoms with van der Waals surface area (Å²) in [7, 11) is 0. The van der Waals surface area contributed by atoms with E-state index in [0.29, 0.717) is 6.61 Å². The highest BCUT2D eigenvalue weighted by atomic mass is 16.6. The average molecular weight is 335 g/mol. The Balaban J connectivity index is 1.57. The first-order chi connectivity index (χ1) is 12.1. The number of phenols is 1. The average Bonchev–Trinajstić information content (AvgIpc) is 2.63. The van der Waals surface area contributed by atoms with Crippen molar-refractivity contribution in [2.75, 3.05) is 0 Å². The lowest BCUT2D eigenvalue weighted by Crippen LogP contribution is -1.96. The second-order valence-corrected chi connectivity index (χ2v) is 5.70. The predicted octanol–water partition coefficient (Wildman–Crippen LogP) is 4.47. The highest BCUT2D eigenvalue weighted by molar-refractivity contribution is 5.35. The van der Waals surface area contributed by atoms with Crippen molar-refractivity contribution in [3.05, 3.63) is 99.6 Å². The summed E-state index contributed by atoms with van der Waals surface area (Å²) in [6, 6.07) is 21.3. The SMILES string of the molecule is O=[N+]([O-])c1ccc(COc2ccc(Cc3ccc(O)cc3)cc2)cc1. The molecule has 3 aromatic rings. The van der Waals surface area contributed by atoms with E-state index in [2.05, 4.69) is 0 Å². The van der Waals surface area contributed by atoms with Crippen LogP contribution in [0.25, 0.3) is 0 Å². The molecule has 0 saturated carbocycles. The molecule has 5 nitrogen and oxygen atoms in total. The van der Waals surface area contributed by atoms with Crippen molar-refractivity contribution in [1.29, 1.82) is 0 Å². The lowest BCUT2D eigenvalue weighted by molar-refractivity contribution is -0.384. The molecule has 0 spiro atoms. The van der Waals surface area contributed by atoms with Crippen LogP contribution in [-0.2, 0) is 13.0 Å². The van der Waals surface area contributed by atoms with Crippen LogP contribution in [0, 0.1) is 10.1 Å². The quantitative estimate of drug-likeness (QED) is 0.533. The zero-order chi connectivity index (χ0) is 17.6. The number of aromatic hydroxyl groups is 1. The van der Waals surface area contributed by atoms with Crippen molar-refractivity contribution < 1.29 is 14.8 Å². The lowest BCUT2D eigenvalue weighted by Gasteiger charge is -2.08. The molecule has 126 valence electrons. The summed E-state index contributed by atoms with van der Waals surface area (Å²) in [5, 5.41) is 19.9. The van der Waals surface area contributed by atoms with Gasteiger partial charge in [0.2, 0.25) is 0 Å². The van der Waals surface area contributed by atoms with Gasteiger partial charge in [-0.05, 0) is 59.5 Å². The minimum Gasteiger partial charge on any atom is -0.508 e. The van der Waals surface area contributed by atoms with Crippen LogP contribution in [0.1, 0.15) is 16.7 Å². The van der Waals surface area contributed by atoms with Crippen LogP contribution in [0.15, 0.2) is 72.8 Å². The molecule has 0 aromatic heterocycles. The second-order valence-electron chi connectivity index (χ2n) is 5.70. The maximum absolute atomic E-state index is 10.6. The van der Waals surface area contributed by atoms with E-state index in [1.54, 1.807) is 24.3 Å². The maximum atomic E-state index is 10.6. The van der Waals surface area contributed by atoms with Gasteiger partial charge in [-0.2, -0.15) is 0 Å². The van der Waals surface area contributed by atoms with E-state index in [1.165, 1.54) is 12.1 Å². The van der Waals surface area contributed by atoms with Crippen LogP contribution in [0.5, 0.6) is 11.5 Å². The van der Waals surface area contributed by atoms with E-state index < -0.39 is 4.92 Å². The third-order valence-corrected chi connectivity index (χ3v) is 3.82. The molecule has 0 unspecified atom stereocenters. The highest BCUT2D eigenvalue weighted by Gasteiger charge is 2.04. The Hall–Kier alpha value is -3.34. The van der Waals surface area contributed by atoms with Crippen molar-refractivity contribution in [2.45, 2.75) is 13.0 Å². The number of nitro benzene ring substituents is 1. The number of hydrogen-bond donors (Lipinski definition) is 1. The molecule has 25 heavy (non-hydrogen) atoms. The molecule has 0 aliphatic carbocycles. The molecule has 0 saturated heterocycles. The molecule has 0 amide bonds. The minimum atomic E-state index is -0.419. The van der Waals surface area contributed by atoms with E-state index in [4.69, 9.17) is 4.74 Å². The normalized spacial score (nSPS) is 10.4. The van der Waals surface area contributed by atoms with E-state index in [1.807, 2.05) is 36.4 Å². The number of ether oxygens (including phenoxy) is 1. The molecule has 3 rings (SSSR count). The molecule has 0 bridgehead atoms. The third-order valence-electron chi connectivity index (χ3n) is 3.82. The van der Waals surface area contributed by atoms with E-state index in [9.17, 15) is 15.2 Å². The first kappa shape index (κ1) is 16.5. The van der Waals surface area contributed by atoms with Crippen LogP contribution in [-0.4, -0.2) is 10.0 Å². The second kappa shape index (κ2) is 7.49. The van der Waals surface area contributed by atoms with Crippen LogP contribution in [0.2, 0.25) is 0 Å². The summed E-state index contributed by atoms with van der Waals surface area (Å²) in [5.41, 5.74) is 3.21. The first-order valence-corrected chi connectivity index (χ1v) is 7.83.